The van der Waals surface area contributed by atoms with Crippen LogP contribution in [0, 0.1) is 0 Å². The van der Waals surface area contributed by atoms with Gasteiger partial charge in [0.05, 0.1) is 18.3 Å². The van der Waals surface area contributed by atoms with Crippen molar-refractivity contribution in [3.8, 4) is 0 Å². The first-order valence-corrected chi connectivity index (χ1v) is 8.29. The lowest BCUT2D eigenvalue weighted by molar-refractivity contribution is 0.0736. The summed E-state index contributed by atoms with van der Waals surface area (Å²) < 4.78 is 1.79. The van der Waals surface area contributed by atoms with Crippen LogP contribution in [0.4, 0.5) is 4.79 Å². The first-order valence-electron chi connectivity index (χ1n) is 8.29. The lowest BCUT2D eigenvalue weighted by atomic mass is 9.90. The van der Waals surface area contributed by atoms with Gasteiger partial charge in [0.15, 0.2) is 0 Å². The Labute approximate surface area is 137 Å². The van der Waals surface area contributed by atoms with Crippen LogP contribution in [0.15, 0.2) is 6.20 Å². The normalized spacial score (nSPS) is 22.7. The molecule has 23 heavy (non-hydrogen) atoms. The summed E-state index contributed by atoms with van der Waals surface area (Å²) in [4.78, 5) is 12.2. The number of carbonyl (C=O) groups is 1. The smallest absolute Gasteiger partial charge is 0.315 e. The minimum Gasteiger partial charge on any atom is -0.384 e. The van der Waals surface area contributed by atoms with Crippen molar-refractivity contribution in [1.82, 2.24) is 25.6 Å². The van der Waals surface area contributed by atoms with Gasteiger partial charge in [-0.15, -0.1) is 5.10 Å². The van der Waals surface area contributed by atoms with Gasteiger partial charge in [0.25, 0.3) is 0 Å². The maximum Gasteiger partial charge on any atom is 0.315 e. The SMILES string of the molecule is CC(C)(C)NC(=O)N[C@H]1CCCC[C@H]1n1cc(C(C)(C)O)nn1. The first kappa shape index (κ1) is 17.7. The van der Waals surface area contributed by atoms with Crippen LogP contribution in [0.3, 0.4) is 0 Å². The number of hydrogen-bond donors (Lipinski definition) is 3. The molecule has 1 aromatic rings. The van der Waals surface area contributed by atoms with Gasteiger partial charge in [0, 0.05) is 5.54 Å². The Morgan fingerprint density at radius 1 is 1.26 bits per heavy atom. The zero-order chi connectivity index (χ0) is 17.3. The first-order chi connectivity index (χ1) is 10.6. The fourth-order valence-corrected chi connectivity index (χ4v) is 2.86. The summed E-state index contributed by atoms with van der Waals surface area (Å²) >= 11 is 0. The van der Waals surface area contributed by atoms with E-state index in [-0.39, 0.29) is 23.7 Å². The lowest BCUT2D eigenvalue weighted by Gasteiger charge is -2.33. The van der Waals surface area contributed by atoms with Gasteiger partial charge in [-0.25, -0.2) is 9.48 Å². The van der Waals surface area contributed by atoms with E-state index in [2.05, 4.69) is 20.9 Å². The van der Waals surface area contributed by atoms with Crippen LogP contribution in [-0.2, 0) is 5.60 Å². The van der Waals surface area contributed by atoms with Crippen molar-refractivity contribution in [3.05, 3.63) is 11.9 Å². The third-order valence-electron chi connectivity index (χ3n) is 4.01. The number of hydrogen-bond acceptors (Lipinski definition) is 4. The summed E-state index contributed by atoms with van der Waals surface area (Å²) in [5.74, 6) is 0. The molecule has 0 radical (unpaired) electrons. The molecular formula is C16H29N5O2. The number of nitrogens with one attached hydrogen (secondary N) is 2. The predicted molar refractivity (Wildman–Crippen MR) is 88.0 cm³/mol. The number of urea groups is 1. The van der Waals surface area contributed by atoms with Crippen molar-refractivity contribution >= 4 is 6.03 Å². The summed E-state index contributed by atoms with van der Waals surface area (Å²) in [5.41, 5.74) is -0.740. The molecule has 1 saturated carbocycles. The average molecular weight is 323 g/mol. The number of rotatable bonds is 3. The predicted octanol–water partition coefficient (Wildman–Crippen LogP) is 2.09. The molecule has 2 amide bonds. The molecule has 7 nitrogen and oxygen atoms in total. The molecule has 7 heteroatoms. The summed E-state index contributed by atoms with van der Waals surface area (Å²) in [5, 5.41) is 24.3. The third kappa shape index (κ3) is 4.92. The van der Waals surface area contributed by atoms with Crippen molar-refractivity contribution in [2.45, 2.75) is 83.5 Å². The summed E-state index contributed by atoms with van der Waals surface area (Å²) in [6, 6.07) is -0.0715. The van der Waals surface area contributed by atoms with E-state index in [0.29, 0.717) is 5.69 Å². The van der Waals surface area contributed by atoms with Crippen molar-refractivity contribution in [3.63, 3.8) is 0 Å². The fraction of sp³-hybridized carbons (Fsp3) is 0.812. The van der Waals surface area contributed by atoms with Crippen LogP contribution in [0.25, 0.3) is 0 Å². The molecule has 0 unspecified atom stereocenters. The average Bonchev–Trinajstić information content (AvgIpc) is 2.86. The minimum absolute atomic E-state index is 0.0162. The number of nitrogens with zero attached hydrogens (tertiary/aromatic N) is 3. The molecule has 2 rings (SSSR count). The molecule has 1 heterocycles. The van der Waals surface area contributed by atoms with Crippen LogP contribution >= 0.6 is 0 Å². The van der Waals surface area contributed by atoms with Crippen molar-refractivity contribution in [1.29, 1.82) is 0 Å². The van der Waals surface area contributed by atoms with Gasteiger partial charge < -0.3 is 15.7 Å². The highest BCUT2D eigenvalue weighted by atomic mass is 16.3. The van der Waals surface area contributed by atoms with E-state index in [1.807, 2.05) is 20.8 Å². The minimum atomic E-state index is -1.01. The molecule has 130 valence electrons. The summed E-state index contributed by atoms with van der Waals surface area (Å²) in [7, 11) is 0. The standard InChI is InChI=1S/C16H29N5O2/c1-15(2,3)18-14(22)17-11-8-6-7-9-12(11)21-10-13(19-20-21)16(4,5)23/h10-12,23H,6-9H2,1-5H3,(H2,17,18,22)/t11-,12+/m0/s1. The van der Waals surface area contributed by atoms with E-state index in [1.54, 1.807) is 24.7 Å². The van der Waals surface area contributed by atoms with Gasteiger partial charge in [-0.05, 0) is 47.5 Å². The van der Waals surface area contributed by atoms with Gasteiger partial charge >= 0.3 is 6.03 Å². The zero-order valence-electron chi connectivity index (χ0n) is 14.8. The molecule has 3 N–H and O–H groups in total. The molecule has 0 spiro atoms. The molecule has 1 aliphatic rings. The molecule has 1 fully saturated rings. The second-order valence-electron chi connectivity index (χ2n) is 7.95. The molecule has 1 aromatic heterocycles. The number of carbonyl (C=O) groups excluding carboxylic acids is 1. The molecule has 0 saturated heterocycles. The topological polar surface area (TPSA) is 92.1 Å². The number of aliphatic hydroxyl groups is 1. The lowest BCUT2D eigenvalue weighted by Crippen LogP contribution is -2.52. The van der Waals surface area contributed by atoms with Crippen molar-refractivity contribution in [2.75, 3.05) is 0 Å². The van der Waals surface area contributed by atoms with Crippen LogP contribution in [0.2, 0.25) is 0 Å². The van der Waals surface area contributed by atoms with Gasteiger partial charge in [-0.2, -0.15) is 0 Å². The quantitative estimate of drug-likeness (QED) is 0.794. The van der Waals surface area contributed by atoms with Crippen LogP contribution in [-0.4, -0.2) is 37.7 Å². The highest BCUT2D eigenvalue weighted by Crippen LogP contribution is 2.29. The highest BCUT2D eigenvalue weighted by Gasteiger charge is 2.31. The van der Waals surface area contributed by atoms with Crippen molar-refractivity contribution < 1.29 is 9.90 Å². The van der Waals surface area contributed by atoms with Crippen LogP contribution < -0.4 is 10.6 Å². The van der Waals surface area contributed by atoms with Gasteiger partial charge in [-0.1, -0.05) is 18.1 Å². The number of amides is 2. The molecule has 0 aromatic carbocycles. The van der Waals surface area contributed by atoms with E-state index in [4.69, 9.17) is 0 Å². The van der Waals surface area contributed by atoms with E-state index in [0.717, 1.165) is 25.7 Å². The maximum atomic E-state index is 12.2. The Morgan fingerprint density at radius 2 is 1.91 bits per heavy atom. The number of aromatic nitrogens is 3. The van der Waals surface area contributed by atoms with Gasteiger partial charge in [0.2, 0.25) is 0 Å². The van der Waals surface area contributed by atoms with E-state index in [9.17, 15) is 9.90 Å². The Balaban J connectivity index is 2.09. The molecule has 0 bridgehead atoms. The Hall–Kier alpha value is -1.63. The molecular weight excluding hydrogens is 294 g/mol. The largest absolute Gasteiger partial charge is 0.384 e. The molecule has 1 aliphatic carbocycles. The second-order valence-corrected chi connectivity index (χ2v) is 7.95. The van der Waals surface area contributed by atoms with E-state index >= 15 is 0 Å². The Kier molecular flexibility index (Phi) is 4.98. The second kappa shape index (κ2) is 6.47. The Bertz CT molecular complexity index is 541. The van der Waals surface area contributed by atoms with E-state index < -0.39 is 5.60 Å². The monoisotopic (exact) mass is 323 g/mol. The summed E-state index contributed by atoms with van der Waals surface area (Å²) in [6.07, 6.45) is 5.83. The zero-order valence-corrected chi connectivity index (χ0v) is 14.8. The fourth-order valence-electron chi connectivity index (χ4n) is 2.86. The van der Waals surface area contributed by atoms with Gasteiger partial charge in [0.1, 0.15) is 11.3 Å². The van der Waals surface area contributed by atoms with E-state index in [1.165, 1.54) is 0 Å². The van der Waals surface area contributed by atoms with Crippen LogP contribution in [0.1, 0.15) is 72.0 Å². The molecule has 0 aliphatic heterocycles. The van der Waals surface area contributed by atoms with Gasteiger partial charge in [-0.3, -0.25) is 0 Å². The van der Waals surface area contributed by atoms with Crippen LogP contribution in [0.5, 0.6) is 0 Å². The summed E-state index contributed by atoms with van der Waals surface area (Å²) in [6.45, 7) is 9.25. The maximum absolute atomic E-state index is 12.2. The van der Waals surface area contributed by atoms with Crippen molar-refractivity contribution in [2.24, 2.45) is 0 Å². The molecule has 2 atom stereocenters. The highest BCUT2D eigenvalue weighted by molar-refractivity contribution is 5.75. The third-order valence-corrected chi connectivity index (χ3v) is 4.01. The Morgan fingerprint density at radius 3 is 2.48 bits per heavy atom.